The molecule has 5 aromatic rings. The minimum absolute atomic E-state index is 0. The predicted octanol–water partition coefficient (Wildman–Crippen LogP) is 6.23. The molecule has 0 saturated heterocycles. The predicted molar refractivity (Wildman–Crippen MR) is 154 cm³/mol. The molecule has 9 nitrogen and oxygen atoms in total. The van der Waals surface area contributed by atoms with Gasteiger partial charge in [-0.05, 0) is 81.4 Å². The Morgan fingerprint density at radius 2 is 1.03 bits per heavy atom. The molecule has 0 fully saturated rings. The third-order valence-electron chi connectivity index (χ3n) is 5.14. The van der Waals surface area contributed by atoms with Crippen LogP contribution in [0.1, 0.15) is 59.3 Å². The number of carbonyl (C=O) groups is 3. The van der Waals surface area contributed by atoms with Gasteiger partial charge in [-0.15, -0.1) is 5.10 Å². The number of benzene rings is 3. The van der Waals surface area contributed by atoms with Crippen LogP contribution in [0.5, 0.6) is 0 Å². The van der Waals surface area contributed by atoms with E-state index in [1.165, 1.54) is 4.80 Å². The van der Waals surface area contributed by atoms with E-state index < -0.39 is 0 Å². The Morgan fingerprint density at radius 1 is 0.615 bits per heavy atom. The summed E-state index contributed by atoms with van der Waals surface area (Å²) in [5.41, 5.74) is 3.89. The fourth-order valence-corrected chi connectivity index (χ4v) is 3.32. The first-order chi connectivity index (χ1) is 18.2. The van der Waals surface area contributed by atoms with E-state index in [1.807, 2.05) is 36.4 Å². The van der Waals surface area contributed by atoms with Crippen molar-refractivity contribution in [2.45, 2.75) is 28.2 Å². The minimum atomic E-state index is 0. The molecule has 2 aromatic heterocycles. The Bertz CT molecular complexity index is 1380. The maximum Gasteiger partial charge on any atom is 0.159 e. The summed E-state index contributed by atoms with van der Waals surface area (Å²) in [6.07, 6.45) is 6.58. The van der Waals surface area contributed by atoms with E-state index in [2.05, 4.69) is 36.4 Å². The smallest absolute Gasteiger partial charge is 0.159 e. The van der Waals surface area contributed by atoms with Crippen LogP contribution < -0.4 is 0 Å². The quantitative estimate of drug-likeness (QED) is 0.224. The lowest BCUT2D eigenvalue weighted by atomic mass is 10.1. The molecule has 5 rings (SSSR count). The SMILES string of the molecule is C.CC(=O)c1ccc(-n2ccnn2)cc1.CC(=O)c1ccc(-n2nccn2)cc1.CC(=O)c1ccc(Br)cc1. The van der Waals surface area contributed by atoms with Gasteiger partial charge >= 0.3 is 0 Å². The Hall–Kier alpha value is -4.57. The van der Waals surface area contributed by atoms with Gasteiger partial charge in [0.15, 0.2) is 17.3 Å². The van der Waals surface area contributed by atoms with Crippen molar-refractivity contribution in [2.75, 3.05) is 0 Å². The molecule has 0 radical (unpaired) electrons. The third kappa shape index (κ3) is 9.35. The van der Waals surface area contributed by atoms with Crippen LogP contribution in [-0.4, -0.2) is 47.3 Å². The number of hydrogen-bond acceptors (Lipinski definition) is 7. The van der Waals surface area contributed by atoms with Gasteiger partial charge in [-0.3, -0.25) is 14.4 Å². The van der Waals surface area contributed by atoms with E-state index in [0.717, 1.165) is 21.4 Å². The lowest BCUT2D eigenvalue weighted by Crippen LogP contribution is -1.99. The van der Waals surface area contributed by atoms with Gasteiger partial charge in [0, 0.05) is 21.2 Å². The molecule has 0 atom stereocenters. The van der Waals surface area contributed by atoms with E-state index in [9.17, 15) is 14.4 Å². The Morgan fingerprint density at radius 3 is 1.41 bits per heavy atom. The zero-order valence-electron chi connectivity index (χ0n) is 21.0. The first-order valence-corrected chi connectivity index (χ1v) is 12.3. The van der Waals surface area contributed by atoms with Gasteiger partial charge in [0.05, 0.1) is 36.2 Å². The Balaban J connectivity index is 0.000000206. The summed E-state index contributed by atoms with van der Waals surface area (Å²) in [6, 6.07) is 21.7. The van der Waals surface area contributed by atoms with Crippen LogP contribution in [0.4, 0.5) is 0 Å². The van der Waals surface area contributed by atoms with Crippen LogP contribution in [0.15, 0.2) is 102 Å². The number of ketones is 3. The van der Waals surface area contributed by atoms with Gasteiger partial charge < -0.3 is 0 Å². The van der Waals surface area contributed by atoms with Crippen LogP contribution in [0.25, 0.3) is 11.4 Å². The van der Waals surface area contributed by atoms with Crippen LogP contribution in [-0.2, 0) is 0 Å². The van der Waals surface area contributed by atoms with E-state index >= 15 is 0 Å². The molecule has 0 aliphatic rings. The van der Waals surface area contributed by atoms with Crippen molar-refractivity contribution in [1.82, 2.24) is 30.0 Å². The number of aromatic nitrogens is 6. The van der Waals surface area contributed by atoms with Crippen molar-refractivity contribution in [2.24, 2.45) is 0 Å². The van der Waals surface area contributed by atoms with Crippen molar-refractivity contribution >= 4 is 33.3 Å². The normalized spacial score (nSPS) is 9.64. The molecule has 10 heteroatoms. The fraction of sp³-hybridized carbons (Fsp3) is 0.138. The molecule has 0 aliphatic carbocycles. The lowest BCUT2D eigenvalue weighted by molar-refractivity contribution is 0.100. The van der Waals surface area contributed by atoms with Crippen LogP contribution in [0.2, 0.25) is 0 Å². The van der Waals surface area contributed by atoms with Crippen molar-refractivity contribution in [3.63, 3.8) is 0 Å². The number of halogens is 1. The van der Waals surface area contributed by atoms with Crippen molar-refractivity contribution in [3.8, 4) is 11.4 Å². The average Bonchev–Trinajstić information content (AvgIpc) is 3.65. The maximum absolute atomic E-state index is 11.0. The molecular weight excluding hydrogens is 560 g/mol. The van der Waals surface area contributed by atoms with Gasteiger partial charge in [-0.25, -0.2) is 4.68 Å². The van der Waals surface area contributed by atoms with Gasteiger partial charge in [0.25, 0.3) is 0 Å². The highest BCUT2D eigenvalue weighted by Crippen LogP contribution is 2.11. The molecule has 0 spiro atoms. The Kier molecular flexibility index (Phi) is 11.8. The Labute approximate surface area is 235 Å². The number of Topliss-reactive ketones (excluding diaryl/α,β-unsaturated/α-hetero) is 3. The number of carbonyl (C=O) groups excluding carboxylic acids is 3. The first kappa shape index (κ1) is 30.7. The van der Waals surface area contributed by atoms with Crippen molar-refractivity contribution < 1.29 is 14.4 Å². The molecule has 3 aromatic carbocycles. The lowest BCUT2D eigenvalue weighted by Gasteiger charge is -2.00. The topological polar surface area (TPSA) is 113 Å². The summed E-state index contributed by atoms with van der Waals surface area (Å²) in [5, 5.41) is 15.5. The summed E-state index contributed by atoms with van der Waals surface area (Å²) < 4.78 is 2.64. The van der Waals surface area contributed by atoms with E-state index in [1.54, 1.807) is 86.6 Å². The second-order valence-corrected chi connectivity index (χ2v) is 8.85. The summed E-state index contributed by atoms with van der Waals surface area (Å²) in [5.74, 6) is 0.229. The van der Waals surface area contributed by atoms with Gasteiger partial charge in [0.2, 0.25) is 0 Å². The summed E-state index contributed by atoms with van der Waals surface area (Å²) in [7, 11) is 0. The number of nitrogens with zero attached hydrogens (tertiary/aromatic N) is 6. The maximum atomic E-state index is 11.0. The molecule has 0 N–H and O–H groups in total. The molecule has 0 amide bonds. The second kappa shape index (κ2) is 15.0. The molecule has 2 heterocycles. The number of rotatable bonds is 5. The molecule has 0 bridgehead atoms. The summed E-state index contributed by atoms with van der Waals surface area (Å²) in [6.45, 7) is 4.65. The van der Waals surface area contributed by atoms with Gasteiger partial charge in [0.1, 0.15) is 0 Å². The molecular formula is C29H29BrN6O3. The standard InChI is InChI=1S/2C10H9N3O.C8H7BrO.CH4/c1-8(14)9-2-4-10(5-3-9)13-7-6-11-12-13;1-8(14)9-2-4-10(5-3-9)13-11-6-7-12-13;1-6(10)7-2-4-8(9)5-3-7;/h2*2-7H,1H3;2-5H,1H3;1H4. The molecule has 39 heavy (non-hydrogen) atoms. The first-order valence-electron chi connectivity index (χ1n) is 11.5. The molecule has 0 unspecified atom stereocenters. The van der Waals surface area contributed by atoms with Gasteiger partial charge in [-0.2, -0.15) is 15.0 Å². The second-order valence-electron chi connectivity index (χ2n) is 7.94. The zero-order chi connectivity index (χ0) is 27.5. The van der Waals surface area contributed by atoms with Crippen LogP contribution in [0, 0.1) is 0 Å². The highest BCUT2D eigenvalue weighted by Gasteiger charge is 2.01. The van der Waals surface area contributed by atoms with Crippen molar-refractivity contribution in [3.05, 3.63) is 119 Å². The largest absolute Gasteiger partial charge is 0.295 e. The van der Waals surface area contributed by atoms with Crippen molar-refractivity contribution in [1.29, 1.82) is 0 Å². The molecule has 200 valence electrons. The van der Waals surface area contributed by atoms with Crippen LogP contribution >= 0.6 is 15.9 Å². The highest BCUT2D eigenvalue weighted by molar-refractivity contribution is 9.10. The zero-order valence-corrected chi connectivity index (χ0v) is 22.6. The average molecular weight is 589 g/mol. The fourth-order valence-electron chi connectivity index (χ4n) is 3.06. The van der Waals surface area contributed by atoms with E-state index in [4.69, 9.17) is 0 Å². The summed E-state index contributed by atoms with van der Waals surface area (Å²) >= 11 is 3.28. The molecule has 0 saturated carbocycles. The monoisotopic (exact) mass is 588 g/mol. The van der Waals surface area contributed by atoms with Crippen LogP contribution in [0.3, 0.4) is 0 Å². The third-order valence-corrected chi connectivity index (χ3v) is 5.66. The van der Waals surface area contributed by atoms with E-state index in [-0.39, 0.29) is 24.8 Å². The van der Waals surface area contributed by atoms with Gasteiger partial charge in [-0.1, -0.05) is 40.7 Å². The minimum Gasteiger partial charge on any atom is -0.295 e. The highest BCUT2D eigenvalue weighted by atomic mass is 79.9. The molecule has 0 aliphatic heterocycles. The summed E-state index contributed by atoms with van der Waals surface area (Å²) in [4.78, 5) is 34.3. The number of hydrogen-bond donors (Lipinski definition) is 0. The van der Waals surface area contributed by atoms with E-state index in [0.29, 0.717) is 11.1 Å².